The second-order valence-electron chi connectivity index (χ2n) is 10.4. The molecule has 1 aliphatic carbocycles. The van der Waals surface area contributed by atoms with Crippen molar-refractivity contribution in [1.82, 2.24) is 0 Å². The average Bonchev–Trinajstić information content (AvgIpc) is 3.06. The van der Waals surface area contributed by atoms with Gasteiger partial charge < -0.3 is 19.2 Å². The third-order valence-corrected chi connectivity index (χ3v) is 7.10. The van der Waals surface area contributed by atoms with E-state index in [1.807, 2.05) is 109 Å². The molecule has 222 valence electrons. The molecule has 7 nitrogen and oxygen atoms in total. The quantitative estimate of drug-likeness (QED) is 0.0782. The Bertz CT molecular complexity index is 2050. The summed E-state index contributed by atoms with van der Waals surface area (Å²) in [4.78, 5) is 29.9. The lowest BCUT2D eigenvalue weighted by Gasteiger charge is -2.18. The zero-order valence-electron chi connectivity index (χ0n) is 24.7. The summed E-state index contributed by atoms with van der Waals surface area (Å²) >= 11 is 0. The van der Waals surface area contributed by atoms with Gasteiger partial charge >= 0.3 is 11.9 Å². The Morgan fingerprint density at radius 3 is 2.24 bits per heavy atom. The Hall–Kier alpha value is -5.95. The first kappa shape index (κ1) is 29.1. The number of carbonyl (C=O) groups excluding carboxylic acids is 2. The minimum absolute atomic E-state index is 0.0689. The highest BCUT2D eigenvalue weighted by Gasteiger charge is 2.22. The van der Waals surface area contributed by atoms with Crippen LogP contribution in [0, 0.1) is 0 Å². The fourth-order valence-electron chi connectivity index (χ4n) is 5.00. The smallest absolute Gasteiger partial charge is 0.338 e. The van der Waals surface area contributed by atoms with Crippen LogP contribution < -0.4 is 10.7 Å². The molecule has 0 amide bonds. The van der Waals surface area contributed by atoms with E-state index in [-0.39, 0.29) is 18.8 Å². The molecule has 0 aromatic heterocycles. The molecule has 0 saturated carbocycles. The van der Waals surface area contributed by atoms with Gasteiger partial charge in [-0.3, -0.25) is 0 Å². The van der Waals surface area contributed by atoms with Crippen molar-refractivity contribution >= 4 is 40.0 Å². The summed E-state index contributed by atoms with van der Waals surface area (Å²) in [5.41, 5.74) is 6.24. The lowest BCUT2D eigenvalue weighted by Crippen LogP contribution is -2.15. The third-order valence-electron chi connectivity index (χ3n) is 7.10. The van der Waals surface area contributed by atoms with E-state index in [2.05, 4.69) is 11.9 Å². The Morgan fingerprint density at radius 2 is 1.47 bits per heavy atom. The normalized spacial score (nSPS) is 11.4. The first-order chi connectivity index (χ1) is 22.0. The number of fused-ring (bicyclic) bond motifs is 2. The van der Waals surface area contributed by atoms with Crippen molar-refractivity contribution in [1.29, 1.82) is 0 Å². The molecule has 0 fully saturated rings. The second kappa shape index (κ2) is 13.1. The second-order valence-corrected chi connectivity index (χ2v) is 10.4. The topological polar surface area (TPSA) is 90.1 Å². The molecular weight excluding hydrogens is 564 g/mol. The van der Waals surface area contributed by atoms with E-state index < -0.39 is 11.9 Å². The Kier molecular flexibility index (Phi) is 8.51. The molecule has 7 heteroatoms. The van der Waals surface area contributed by atoms with Gasteiger partial charge in [0.2, 0.25) is 0 Å². The van der Waals surface area contributed by atoms with Gasteiger partial charge in [-0.05, 0) is 67.1 Å². The molecule has 4 aromatic rings. The summed E-state index contributed by atoms with van der Waals surface area (Å²) in [5, 5.41) is 4.98. The third kappa shape index (κ3) is 6.68. The zero-order valence-corrected chi connectivity index (χ0v) is 24.7. The van der Waals surface area contributed by atoms with Crippen LogP contribution >= 0.6 is 0 Å². The Balaban J connectivity index is 1.45. The van der Waals surface area contributed by atoms with Crippen LogP contribution in [0.2, 0.25) is 0 Å². The largest absolute Gasteiger partial charge is 0.459 e. The fourth-order valence-corrected chi connectivity index (χ4v) is 5.00. The van der Waals surface area contributed by atoms with Crippen LogP contribution in [-0.2, 0) is 14.3 Å². The van der Waals surface area contributed by atoms with Crippen LogP contribution in [-0.4, -0.2) is 25.2 Å². The summed E-state index contributed by atoms with van der Waals surface area (Å²) in [6.45, 7) is 4.97. The van der Waals surface area contributed by atoms with Crippen LogP contribution in [0.4, 0.5) is 17.1 Å². The molecule has 0 spiro atoms. The molecule has 4 aromatic carbocycles. The molecule has 2 aliphatic rings. The molecule has 1 heterocycles. The van der Waals surface area contributed by atoms with Gasteiger partial charge in [0.15, 0.2) is 0 Å². The van der Waals surface area contributed by atoms with E-state index in [1.54, 1.807) is 19.1 Å². The summed E-state index contributed by atoms with van der Waals surface area (Å²) in [6.07, 6.45) is 0. The minimum Gasteiger partial charge on any atom is -0.459 e. The molecule has 0 radical (unpaired) electrons. The first-order valence-corrected chi connectivity index (χ1v) is 14.5. The number of esters is 2. The van der Waals surface area contributed by atoms with E-state index in [9.17, 15) is 9.59 Å². The van der Waals surface area contributed by atoms with Gasteiger partial charge in [0, 0.05) is 45.6 Å². The molecule has 0 atom stereocenters. The van der Waals surface area contributed by atoms with Gasteiger partial charge in [-0.15, -0.1) is 0 Å². The van der Waals surface area contributed by atoms with Crippen molar-refractivity contribution in [2.45, 2.75) is 6.92 Å². The highest BCUT2D eigenvalue weighted by atomic mass is 16.6. The van der Waals surface area contributed by atoms with E-state index in [4.69, 9.17) is 18.9 Å². The Labute approximate surface area is 260 Å². The Morgan fingerprint density at radius 1 is 0.756 bits per heavy atom. The standard InChI is InChI=1S/C38H30N2O5/c1-25(2)37(41)43-21-22-44-38(42)31-16-10-9-15-30(31)36-32-19-17-28(39-26-11-5-3-6-12-26)23-34(32)45-35-24-29(18-20-33(35)36)40-27-13-7-4-8-14-27/h3-20,23-24,39H,1,21-22H2,2H3/b40-29+. The fraction of sp³-hybridized carbons (Fsp3) is 0.0789. The van der Waals surface area contributed by atoms with Crippen molar-refractivity contribution in [2.75, 3.05) is 18.5 Å². The molecule has 6 rings (SSSR count). The molecule has 1 aliphatic heterocycles. The van der Waals surface area contributed by atoms with Gasteiger partial charge in [-0.2, -0.15) is 0 Å². The molecule has 1 N–H and O–H groups in total. The molecular formula is C38H30N2O5. The number of ether oxygens (including phenoxy) is 2. The number of anilines is 2. The minimum atomic E-state index is -0.531. The van der Waals surface area contributed by atoms with Crippen LogP contribution in [0.25, 0.3) is 33.4 Å². The predicted molar refractivity (Wildman–Crippen MR) is 176 cm³/mol. The summed E-state index contributed by atoms with van der Waals surface area (Å²) in [7, 11) is 0. The highest BCUT2D eigenvalue weighted by Crippen LogP contribution is 2.42. The van der Waals surface area contributed by atoms with Crippen molar-refractivity contribution in [3.8, 4) is 22.5 Å². The SMILES string of the molecule is C=C(C)C(=O)OCCOC(=O)c1ccccc1-c1c2cc/c(=N\c3ccccc3)cc-2oc2cc(Nc3ccccc3)ccc12. The maximum Gasteiger partial charge on any atom is 0.338 e. The number of para-hydroxylation sites is 2. The number of nitrogens with one attached hydrogen (secondary N) is 1. The lowest BCUT2D eigenvalue weighted by atomic mass is 9.90. The lowest BCUT2D eigenvalue weighted by molar-refractivity contribution is -0.140. The van der Waals surface area contributed by atoms with Crippen molar-refractivity contribution in [2.24, 2.45) is 4.99 Å². The molecule has 0 unspecified atom stereocenters. The van der Waals surface area contributed by atoms with Gasteiger partial charge in [0.05, 0.1) is 16.6 Å². The average molecular weight is 595 g/mol. The molecule has 0 bridgehead atoms. The van der Waals surface area contributed by atoms with Gasteiger partial charge in [-0.1, -0.05) is 61.2 Å². The number of benzene rings is 5. The predicted octanol–water partition coefficient (Wildman–Crippen LogP) is 8.46. The molecule has 0 saturated heterocycles. The van der Waals surface area contributed by atoms with Crippen molar-refractivity contribution in [3.63, 3.8) is 0 Å². The summed E-state index contributed by atoms with van der Waals surface area (Å²) in [6, 6.07) is 38.6. The number of nitrogens with zero attached hydrogens (tertiary/aromatic N) is 1. The first-order valence-electron chi connectivity index (χ1n) is 14.5. The maximum absolute atomic E-state index is 13.4. The van der Waals surface area contributed by atoms with E-state index in [0.29, 0.717) is 22.5 Å². The van der Waals surface area contributed by atoms with E-state index >= 15 is 0 Å². The van der Waals surface area contributed by atoms with Gasteiger partial charge in [0.1, 0.15) is 24.6 Å². The molecule has 45 heavy (non-hydrogen) atoms. The maximum atomic E-state index is 13.4. The highest BCUT2D eigenvalue weighted by molar-refractivity contribution is 6.08. The van der Waals surface area contributed by atoms with E-state index in [1.165, 1.54) is 0 Å². The van der Waals surface area contributed by atoms with Crippen molar-refractivity contribution < 1.29 is 23.5 Å². The van der Waals surface area contributed by atoms with Crippen LogP contribution in [0.15, 0.2) is 143 Å². The number of rotatable bonds is 9. The number of carbonyl (C=O) groups is 2. The summed E-state index contributed by atoms with van der Waals surface area (Å²) < 4.78 is 17.1. The van der Waals surface area contributed by atoms with Crippen LogP contribution in [0.3, 0.4) is 0 Å². The number of hydrogen-bond donors (Lipinski definition) is 1. The van der Waals surface area contributed by atoms with Crippen LogP contribution in [0.5, 0.6) is 0 Å². The van der Waals surface area contributed by atoms with Gasteiger partial charge in [-0.25, -0.2) is 14.6 Å². The van der Waals surface area contributed by atoms with E-state index in [0.717, 1.165) is 38.9 Å². The van der Waals surface area contributed by atoms with Gasteiger partial charge in [0.25, 0.3) is 0 Å². The zero-order chi connectivity index (χ0) is 31.2. The van der Waals surface area contributed by atoms with Crippen molar-refractivity contribution in [3.05, 3.63) is 144 Å². The monoisotopic (exact) mass is 594 g/mol. The van der Waals surface area contributed by atoms with Crippen LogP contribution in [0.1, 0.15) is 17.3 Å². The summed E-state index contributed by atoms with van der Waals surface area (Å²) in [5.74, 6) is -0.449. The number of hydrogen-bond acceptors (Lipinski definition) is 7.